The Hall–Kier alpha value is -3.48. The van der Waals surface area contributed by atoms with Crippen molar-refractivity contribution in [3.05, 3.63) is 77.7 Å². The highest BCUT2D eigenvalue weighted by atomic mass is 19.1. The number of nitrogens with zero attached hydrogens (tertiary/aromatic N) is 4. The number of para-hydroxylation sites is 1. The first-order valence-corrected chi connectivity index (χ1v) is 9.92. The minimum absolute atomic E-state index is 0.225. The third-order valence-electron chi connectivity index (χ3n) is 5.56. The van der Waals surface area contributed by atoms with Gasteiger partial charge in [0.2, 0.25) is 0 Å². The minimum Gasteiger partial charge on any atom is -0.294 e. The quantitative estimate of drug-likeness (QED) is 0.682. The molecular weight excluding hydrogens is 381 g/mol. The second kappa shape index (κ2) is 6.52. The van der Waals surface area contributed by atoms with E-state index in [9.17, 15) is 9.18 Å². The van der Waals surface area contributed by atoms with Gasteiger partial charge in [0, 0.05) is 17.2 Å². The Morgan fingerprint density at radius 2 is 1.73 bits per heavy atom. The summed E-state index contributed by atoms with van der Waals surface area (Å²) in [7, 11) is 0. The van der Waals surface area contributed by atoms with Crippen molar-refractivity contribution in [1.29, 1.82) is 0 Å². The van der Waals surface area contributed by atoms with Crippen molar-refractivity contribution in [3.8, 4) is 0 Å². The normalized spacial score (nSPS) is 20.5. The fourth-order valence-electron chi connectivity index (χ4n) is 4.25. The lowest BCUT2D eigenvalue weighted by Crippen LogP contribution is -2.42. The average Bonchev–Trinajstić information content (AvgIpc) is 3.27. The van der Waals surface area contributed by atoms with E-state index in [1.807, 2.05) is 41.2 Å². The molecule has 0 saturated carbocycles. The number of amides is 2. The molecule has 1 fully saturated rings. The summed E-state index contributed by atoms with van der Waals surface area (Å²) in [6, 6.07) is 15.4. The predicted molar refractivity (Wildman–Crippen MR) is 114 cm³/mol. The van der Waals surface area contributed by atoms with Crippen molar-refractivity contribution in [2.24, 2.45) is 4.99 Å². The third-order valence-corrected chi connectivity index (χ3v) is 5.56. The molecule has 0 bridgehead atoms. The number of halogens is 1. The first-order chi connectivity index (χ1) is 14.3. The van der Waals surface area contributed by atoms with Gasteiger partial charge in [0.25, 0.3) is 0 Å². The molecule has 2 atom stereocenters. The van der Waals surface area contributed by atoms with Gasteiger partial charge in [-0.25, -0.2) is 18.9 Å². The molecular formula is C23H22FN5O. The molecule has 2 aromatic carbocycles. The standard InChI is InChI=1S/C23H22FN5O/c1-23(2,3)29-21-17(13-25-29)18(14-9-11-15(24)12-10-14)19-20(26-21)27-22(30)28(19)16-7-5-4-6-8-16/h4-13,18-19H,1-3H3,(H,26,27,30)/t18-,19-/m0/s1. The Balaban J connectivity index is 1.73. The molecule has 1 saturated heterocycles. The zero-order chi connectivity index (χ0) is 21.0. The second-order valence-electron chi connectivity index (χ2n) is 8.61. The number of hydrogen-bond acceptors (Lipinski definition) is 3. The topological polar surface area (TPSA) is 62.5 Å². The Bertz CT molecular complexity index is 1140. The van der Waals surface area contributed by atoms with E-state index in [0.29, 0.717) is 5.84 Å². The van der Waals surface area contributed by atoms with Crippen LogP contribution in [0.25, 0.3) is 0 Å². The van der Waals surface area contributed by atoms with Crippen molar-refractivity contribution < 1.29 is 9.18 Å². The molecule has 152 valence electrons. The first kappa shape index (κ1) is 18.5. The van der Waals surface area contributed by atoms with E-state index in [2.05, 4.69) is 31.2 Å². The maximum absolute atomic E-state index is 13.7. The van der Waals surface area contributed by atoms with Crippen LogP contribution in [0.1, 0.15) is 37.8 Å². The van der Waals surface area contributed by atoms with Crippen LogP contribution >= 0.6 is 0 Å². The van der Waals surface area contributed by atoms with E-state index in [1.165, 1.54) is 12.1 Å². The number of aromatic nitrogens is 2. The van der Waals surface area contributed by atoms with Gasteiger partial charge in [0.1, 0.15) is 17.7 Å². The summed E-state index contributed by atoms with van der Waals surface area (Å²) in [6.07, 6.45) is 1.82. The van der Waals surface area contributed by atoms with E-state index < -0.39 is 0 Å². The summed E-state index contributed by atoms with van der Waals surface area (Å²) < 4.78 is 15.5. The van der Waals surface area contributed by atoms with Crippen LogP contribution in [0.4, 0.5) is 20.7 Å². The maximum Gasteiger partial charge on any atom is 0.328 e. The number of hydrogen-bond donors (Lipinski definition) is 1. The summed E-state index contributed by atoms with van der Waals surface area (Å²) in [5.74, 6) is 0.771. The molecule has 1 N–H and O–H groups in total. The van der Waals surface area contributed by atoms with Crippen molar-refractivity contribution in [1.82, 2.24) is 15.1 Å². The Morgan fingerprint density at radius 3 is 2.40 bits per heavy atom. The second-order valence-corrected chi connectivity index (χ2v) is 8.61. The van der Waals surface area contributed by atoms with Crippen LogP contribution in [0.3, 0.4) is 0 Å². The van der Waals surface area contributed by atoms with Gasteiger partial charge in [0.05, 0.1) is 11.7 Å². The van der Waals surface area contributed by atoms with Crippen LogP contribution in [0.15, 0.2) is 65.8 Å². The highest BCUT2D eigenvalue weighted by Gasteiger charge is 2.48. The van der Waals surface area contributed by atoms with Crippen molar-refractivity contribution >= 4 is 23.4 Å². The lowest BCUT2D eigenvalue weighted by Gasteiger charge is -2.33. The van der Waals surface area contributed by atoms with Gasteiger partial charge in [-0.3, -0.25) is 10.2 Å². The summed E-state index contributed by atoms with van der Waals surface area (Å²) in [4.78, 5) is 19.5. The number of carbonyl (C=O) groups excluding carboxylic acids is 1. The highest BCUT2D eigenvalue weighted by Crippen LogP contribution is 2.44. The number of carbonyl (C=O) groups is 1. The molecule has 2 aliphatic heterocycles. The van der Waals surface area contributed by atoms with E-state index in [-0.39, 0.29) is 29.3 Å². The lowest BCUT2D eigenvalue weighted by atomic mass is 9.83. The van der Waals surface area contributed by atoms with Crippen molar-refractivity contribution in [2.45, 2.75) is 38.3 Å². The predicted octanol–water partition coefficient (Wildman–Crippen LogP) is 4.55. The van der Waals surface area contributed by atoms with Crippen molar-refractivity contribution in [2.75, 3.05) is 4.90 Å². The van der Waals surface area contributed by atoms with E-state index in [0.717, 1.165) is 22.6 Å². The molecule has 5 rings (SSSR count). The highest BCUT2D eigenvalue weighted by molar-refractivity contribution is 6.18. The Kier molecular flexibility index (Phi) is 4.03. The molecule has 3 aromatic rings. The molecule has 2 amide bonds. The average molecular weight is 403 g/mol. The molecule has 7 heteroatoms. The minimum atomic E-state index is -0.365. The monoisotopic (exact) mass is 403 g/mol. The molecule has 1 aromatic heterocycles. The molecule has 0 aliphatic carbocycles. The van der Waals surface area contributed by atoms with E-state index in [1.54, 1.807) is 17.0 Å². The molecule has 30 heavy (non-hydrogen) atoms. The Morgan fingerprint density at radius 1 is 1.03 bits per heavy atom. The lowest BCUT2D eigenvalue weighted by molar-refractivity contribution is 0.252. The molecule has 2 aliphatic rings. The number of amidine groups is 1. The van der Waals surface area contributed by atoms with Gasteiger partial charge in [-0.15, -0.1) is 0 Å². The molecule has 0 spiro atoms. The first-order valence-electron chi connectivity index (χ1n) is 9.92. The molecule has 6 nitrogen and oxygen atoms in total. The Labute approximate surface area is 174 Å². The van der Waals surface area contributed by atoms with Crippen LogP contribution in [0.5, 0.6) is 0 Å². The van der Waals surface area contributed by atoms with Gasteiger partial charge < -0.3 is 0 Å². The van der Waals surface area contributed by atoms with Crippen LogP contribution in [0, 0.1) is 5.82 Å². The fraction of sp³-hybridized carbons (Fsp3) is 0.261. The van der Waals surface area contributed by atoms with Crippen molar-refractivity contribution in [3.63, 3.8) is 0 Å². The summed E-state index contributed by atoms with van der Waals surface area (Å²) >= 11 is 0. The van der Waals surface area contributed by atoms with Crippen LogP contribution < -0.4 is 10.2 Å². The van der Waals surface area contributed by atoms with Crippen LogP contribution in [-0.2, 0) is 5.54 Å². The molecule has 0 unspecified atom stereocenters. The number of fused-ring (bicyclic) bond motifs is 2. The maximum atomic E-state index is 13.7. The zero-order valence-electron chi connectivity index (χ0n) is 17.0. The van der Waals surface area contributed by atoms with Gasteiger partial charge in [-0.05, 0) is 50.6 Å². The summed E-state index contributed by atoms with van der Waals surface area (Å²) in [5, 5.41) is 7.56. The SMILES string of the molecule is CC(C)(C)n1ncc2c1N=C1NC(=O)N(c3ccccc3)[C@H]1[C@H]2c1ccc(F)cc1. The molecule has 0 radical (unpaired) electrons. The van der Waals surface area contributed by atoms with Gasteiger partial charge in [0.15, 0.2) is 5.82 Å². The number of urea groups is 1. The van der Waals surface area contributed by atoms with E-state index >= 15 is 0 Å². The fourth-order valence-corrected chi connectivity index (χ4v) is 4.25. The van der Waals surface area contributed by atoms with Crippen LogP contribution in [-0.4, -0.2) is 27.7 Å². The summed E-state index contributed by atoms with van der Waals surface area (Å²) in [5.41, 5.74) is 2.33. The van der Waals surface area contributed by atoms with Gasteiger partial charge in [-0.1, -0.05) is 30.3 Å². The zero-order valence-corrected chi connectivity index (χ0v) is 17.0. The van der Waals surface area contributed by atoms with Gasteiger partial charge in [-0.2, -0.15) is 5.10 Å². The smallest absolute Gasteiger partial charge is 0.294 e. The largest absolute Gasteiger partial charge is 0.328 e. The van der Waals surface area contributed by atoms with Gasteiger partial charge >= 0.3 is 6.03 Å². The number of anilines is 1. The number of benzene rings is 2. The molecule has 3 heterocycles. The van der Waals surface area contributed by atoms with E-state index in [4.69, 9.17) is 4.99 Å². The number of nitrogens with one attached hydrogen (secondary N) is 1. The third kappa shape index (κ3) is 2.81. The number of rotatable bonds is 2. The number of aliphatic imine (C=N–C) groups is 1. The summed E-state index contributed by atoms with van der Waals surface area (Å²) in [6.45, 7) is 6.18. The van der Waals surface area contributed by atoms with Crippen LogP contribution in [0.2, 0.25) is 0 Å².